The van der Waals surface area contributed by atoms with Gasteiger partial charge in [0.2, 0.25) is 0 Å². The largest absolute Gasteiger partial charge is 0.462 e. The number of esters is 1. The van der Waals surface area contributed by atoms with Gasteiger partial charge in [-0.1, -0.05) is 31.6 Å². The number of rotatable bonds is 3. The van der Waals surface area contributed by atoms with E-state index < -0.39 is 17.7 Å². The van der Waals surface area contributed by atoms with Crippen LogP contribution in [0.1, 0.15) is 34.1 Å². The Hall–Kier alpha value is -1.26. The van der Waals surface area contributed by atoms with E-state index in [0.717, 1.165) is 11.6 Å². The SMILES string of the molecule is CCOC(=O)/C(=C\C1CC=C(C)C1(C)C)C(F)(F)F. The third-order valence-corrected chi connectivity index (χ3v) is 3.79. The van der Waals surface area contributed by atoms with Crippen LogP contribution in [0.5, 0.6) is 0 Å². The molecule has 0 saturated heterocycles. The Labute approximate surface area is 111 Å². The van der Waals surface area contributed by atoms with Crippen LogP contribution in [-0.4, -0.2) is 18.8 Å². The molecule has 2 nitrogen and oxygen atoms in total. The number of ether oxygens (including phenoxy) is 1. The number of carbonyl (C=O) groups excluding carboxylic acids is 1. The first kappa shape index (κ1) is 15.8. The van der Waals surface area contributed by atoms with Crippen LogP contribution >= 0.6 is 0 Å². The average Bonchev–Trinajstić information content (AvgIpc) is 2.50. The highest BCUT2D eigenvalue weighted by Gasteiger charge is 2.43. The second-order valence-electron chi connectivity index (χ2n) is 5.25. The number of carbonyl (C=O) groups is 1. The van der Waals surface area contributed by atoms with Crippen molar-refractivity contribution in [3.05, 3.63) is 23.3 Å². The molecule has 1 atom stereocenters. The molecule has 0 bridgehead atoms. The summed E-state index contributed by atoms with van der Waals surface area (Å²) in [6, 6.07) is 0. The highest BCUT2D eigenvalue weighted by atomic mass is 19.4. The zero-order valence-corrected chi connectivity index (χ0v) is 11.6. The Kier molecular flexibility index (Phi) is 4.48. The first-order valence-corrected chi connectivity index (χ1v) is 6.24. The van der Waals surface area contributed by atoms with Gasteiger partial charge in [0.25, 0.3) is 0 Å². The predicted molar refractivity (Wildman–Crippen MR) is 66.4 cm³/mol. The third kappa shape index (κ3) is 3.39. The Morgan fingerprint density at radius 1 is 1.53 bits per heavy atom. The fraction of sp³-hybridized carbons (Fsp3) is 0.643. The maximum absolute atomic E-state index is 12.9. The molecule has 0 aromatic carbocycles. The molecule has 1 rings (SSSR count). The van der Waals surface area contributed by atoms with Crippen LogP contribution in [0.25, 0.3) is 0 Å². The molecule has 19 heavy (non-hydrogen) atoms. The molecule has 0 aromatic heterocycles. The summed E-state index contributed by atoms with van der Waals surface area (Å²) in [5.74, 6) is -1.64. The Morgan fingerprint density at radius 3 is 2.47 bits per heavy atom. The van der Waals surface area contributed by atoms with E-state index in [2.05, 4.69) is 4.74 Å². The molecule has 1 unspecified atom stereocenters. The van der Waals surface area contributed by atoms with Crippen LogP contribution in [-0.2, 0) is 9.53 Å². The van der Waals surface area contributed by atoms with E-state index in [4.69, 9.17) is 0 Å². The van der Waals surface area contributed by atoms with Crippen molar-refractivity contribution in [2.24, 2.45) is 11.3 Å². The van der Waals surface area contributed by atoms with Crippen LogP contribution in [0.2, 0.25) is 0 Å². The zero-order chi connectivity index (χ0) is 14.8. The fourth-order valence-corrected chi connectivity index (χ4v) is 2.12. The van der Waals surface area contributed by atoms with E-state index in [1.54, 1.807) is 0 Å². The summed E-state index contributed by atoms with van der Waals surface area (Å²) in [5, 5.41) is 0. The number of hydrogen-bond donors (Lipinski definition) is 0. The molecular formula is C14H19F3O2. The van der Waals surface area contributed by atoms with Gasteiger partial charge in [-0.2, -0.15) is 13.2 Å². The van der Waals surface area contributed by atoms with Crippen LogP contribution in [0.4, 0.5) is 13.2 Å². The van der Waals surface area contributed by atoms with Crippen molar-refractivity contribution in [1.82, 2.24) is 0 Å². The summed E-state index contributed by atoms with van der Waals surface area (Å²) in [7, 11) is 0. The molecule has 0 heterocycles. The molecule has 0 fully saturated rings. The number of halogens is 3. The number of alkyl halides is 3. The Bertz CT molecular complexity index is 417. The van der Waals surface area contributed by atoms with Gasteiger partial charge >= 0.3 is 12.1 Å². The van der Waals surface area contributed by atoms with Crippen molar-refractivity contribution in [3.8, 4) is 0 Å². The van der Waals surface area contributed by atoms with Gasteiger partial charge in [-0.05, 0) is 31.6 Å². The summed E-state index contributed by atoms with van der Waals surface area (Å²) < 4.78 is 43.2. The van der Waals surface area contributed by atoms with Gasteiger partial charge in [-0.25, -0.2) is 4.79 Å². The lowest BCUT2D eigenvalue weighted by Gasteiger charge is -2.28. The second-order valence-corrected chi connectivity index (χ2v) is 5.25. The van der Waals surface area contributed by atoms with Gasteiger partial charge in [0.05, 0.1) is 6.61 Å². The van der Waals surface area contributed by atoms with Crippen LogP contribution < -0.4 is 0 Å². The number of allylic oxidation sites excluding steroid dienone is 3. The molecule has 0 radical (unpaired) electrons. The molecule has 5 heteroatoms. The summed E-state index contributed by atoms with van der Waals surface area (Å²) in [6.07, 6.45) is -1.23. The van der Waals surface area contributed by atoms with Crippen molar-refractivity contribution in [2.45, 2.75) is 40.3 Å². The molecule has 1 aliphatic rings. The van der Waals surface area contributed by atoms with Crippen molar-refractivity contribution in [2.75, 3.05) is 6.61 Å². The van der Waals surface area contributed by atoms with E-state index in [9.17, 15) is 18.0 Å². The van der Waals surface area contributed by atoms with E-state index in [1.807, 2.05) is 26.8 Å². The van der Waals surface area contributed by atoms with E-state index in [-0.39, 0.29) is 17.9 Å². The fourth-order valence-electron chi connectivity index (χ4n) is 2.12. The average molecular weight is 276 g/mol. The minimum Gasteiger partial charge on any atom is -0.462 e. The smallest absolute Gasteiger partial charge is 0.423 e. The van der Waals surface area contributed by atoms with Gasteiger partial charge in [-0.3, -0.25) is 0 Å². The van der Waals surface area contributed by atoms with Crippen molar-refractivity contribution in [3.63, 3.8) is 0 Å². The molecule has 0 aromatic rings. The normalized spacial score (nSPS) is 23.2. The minimum absolute atomic E-state index is 0.0718. The lowest BCUT2D eigenvalue weighted by molar-refractivity contribution is -0.150. The first-order chi connectivity index (χ1) is 8.60. The van der Waals surface area contributed by atoms with Gasteiger partial charge in [0, 0.05) is 0 Å². The quantitative estimate of drug-likeness (QED) is 0.442. The molecule has 0 spiro atoms. The summed E-state index contributed by atoms with van der Waals surface area (Å²) in [6.45, 7) is 7.07. The third-order valence-electron chi connectivity index (χ3n) is 3.79. The predicted octanol–water partition coefficient (Wildman–Crippen LogP) is 4.03. The molecular weight excluding hydrogens is 257 g/mol. The van der Waals surface area contributed by atoms with Crippen LogP contribution in [0, 0.1) is 11.3 Å². The molecule has 1 aliphatic carbocycles. The lowest BCUT2D eigenvalue weighted by atomic mass is 9.77. The standard InChI is InChI=1S/C14H19F3O2/c1-5-19-12(18)11(14(15,16)17)8-10-7-6-9(2)13(10,3)4/h6,8,10H,5,7H2,1-4H3/b11-8+. The second kappa shape index (κ2) is 5.39. The summed E-state index contributed by atoms with van der Waals surface area (Å²) in [4.78, 5) is 11.4. The Morgan fingerprint density at radius 2 is 2.11 bits per heavy atom. The maximum atomic E-state index is 12.9. The molecule has 0 amide bonds. The van der Waals surface area contributed by atoms with Crippen molar-refractivity contribution >= 4 is 5.97 Å². The van der Waals surface area contributed by atoms with Gasteiger partial charge in [0.15, 0.2) is 0 Å². The maximum Gasteiger partial charge on any atom is 0.423 e. The van der Waals surface area contributed by atoms with Gasteiger partial charge in [0.1, 0.15) is 5.57 Å². The number of hydrogen-bond acceptors (Lipinski definition) is 2. The molecule has 0 aliphatic heterocycles. The topological polar surface area (TPSA) is 26.3 Å². The Balaban J connectivity index is 3.07. The monoisotopic (exact) mass is 276 g/mol. The van der Waals surface area contributed by atoms with E-state index in [0.29, 0.717) is 6.42 Å². The highest BCUT2D eigenvalue weighted by molar-refractivity contribution is 5.90. The lowest BCUT2D eigenvalue weighted by Crippen LogP contribution is -2.26. The zero-order valence-electron chi connectivity index (χ0n) is 11.6. The van der Waals surface area contributed by atoms with Crippen molar-refractivity contribution < 1.29 is 22.7 Å². The van der Waals surface area contributed by atoms with Crippen LogP contribution in [0.3, 0.4) is 0 Å². The van der Waals surface area contributed by atoms with Crippen molar-refractivity contribution in [1.29, 1.82) is 0 Å². The molecule has 0 saturated carbocycles. The molecule has 0 N–H and O–H groups in total. The minimum atomic E-state index is -4.68. The highest BCUT2D eigenvalue weighted by Crippen LogP contribution is 2.45. The van der Waals surface area contributed by atoms with Gasteiger partial charge < -0.3 is 4.74 Å². The summed E-state index contributed by atoms with van der Waals surface area (Å²) >= 11 is 0. The van der Waals surface area contributed by atoms with E-state index >= 15 is 0 Å². The van der Waals surface area contributed by atoms with Gasteiger partial charge in [-0.15, -0.1) is 0 Å². The van der Waals surface area contributed by atoms with Crippen LogP contribution in [0.15, 0.2) is 23.3 Å². The van der Waals surface area contributed by atoms with E-state index in [1.165, 1.54) is 6.92 Å². The summed E-state index contributed by atoms with van der Waals surface area (Å²) in [5.41, 5.74) is -0.530. The first-order valence-electron chi connectivity index (χ1n) is 6.24. The molecule has 108 valence electrons.